The first-order valence-corrected chi connectivity index (χ1v) is 6.60. The summed E-state index contributed by atoms with van der Waals surface area (Å²) in [6, 6.07) is 2.60. The number of hydrogen-bond donors (Lipinski definition) is 1. The zero-order chi connectivity index (χ0) is 12.5. The number of hydrogen-bond acceptors (Lipinski definition) is 2. The summed E-state index contributed by atoms with van der Waals surface area (Å²) in [6.45, 7) is 0.865. The van der Waals surface area contributed by atoms with Crippen LogP contribution in [-0.4, -0.2) is 21.4 Å². The first kappa shape index (κ1) is 11.5. The highest BCUT2D eigenvalue weighted by atomic mass is 15.3. The molecule has 0 aromatic carbocycles. The summed E-state index contributed by atoms with van der Waals surface area (Å²) >= 11 is 0. The predicted octanol–water partition coefficient (Wildman–Crippen LogP) is 1.87. The van der Waals surface area contributed by atoms with Crippen molar-refractivity contribution in [3.8, 4) is 0 Å². The second-order valence-corrected chi connectivity index (χ2v) is 5.13. The van der Waals surface area contributed by atoms with Gasteiger partial charge in [-0.2, -0.15) is 5.10 Å². The molecule has 0 saturated heterocycles. The van der Waals surface area contributed by atoms with Crippen molar-refractivity contribution in [2.45, 2.75) is 31.8 Å². The van der Waals surface area contributed by atoms with Crippen molar-refractivity contribution >= 4 is 0 Å². The zero-order valence-electron chi connectivity index (χ0n) is 11.1. The van der Waals surface area contributed by atoms with Gasteiger partial charge in [0.1, 0.15) is 0 Å². The maximum atomic E-state index is 4.43. The Kier molecular flexibility index (Phi) is 2.96. The Hall–Kier alpha value is -1.55. The van der Waals surface area contributed by atoms with E-state index >= 15 is 0 Å². The third-order valence-electron chi connectivity index (χ3n) is 3.77. The number of nitrogens with zero attached hydrogens (tertiary/aromatic N) is 3. The van der Waals surface area contributed by atoms with E-state index < -0.39 is 0 Å². The third kappa shape index (κ3) is 2.08. The van der Waals surface area contributed by atoms with Crippen LogP contribution in [0.4, 0.5) is 0 Å². The number of fused-ring (bicyclic) bond motifs is 1. The van der Waals surface area contributed by atoms with E-state index in [0.29, 0.717) is 6.04 Å². The molecule has 0 aliphatic heterocycles. The second-order valence-electron chi connectivity index (χ2n) is 5.13. The number of aromatic nitrogens is 3. The summed E-state index contributed by atoms with van der Waals surface area (Å²) in [6.07, 6.45) is 10.3. The fourth-order valence-corrected chi connectivity index (χ4v) is 2.87. The van der Waals surface area contributed by atoms with Crippen LogP contribution in [0.15, 0.2) is 24.7 Å². The van der Waals surface area contributed by atoms with Gasteiger partial charge >= 0.3 is 0 Å². The smallest absolute Gasteiger partial charge is 0.0821 e. The summed E-state index contributed by atoms with van der Waals surface area (Å²) in [5.41, 5.74) is 4.09. The van der Waals surface area contributed by atoms with Crippen LogP contribution >= 0.6 is 0 Å². The van der Waals surface area contributed by atoms with Crippen molar-refractivity contribution in [3.05, 3.63) is 41.5 Å². The average Bonchev–Trinajstić information content (AvgIpc) is 2.94. The molecule has 2 heterocycles. The first-order valence-electron chi connectivity index (χ1n) is 6.60. The van der Waals surface area contributed by atoms with E-state index in [0.717, 1.165) is 12.2 Å². The van der Waals surface area contributed by atoms with Crippen LogP contribution in [0.25, 0.3) is 0 Å². The van der Waals surface area contributed by atoms with Crippen molar-refractivity contribution in [1.29, 1.82) is 0 Å². The van der Waals surface area contributed by atoms with Gasteiger partial charge in [0.2, 0.25) is 0 Å². The molecule has 1 aliphatic carbocycles. The summed E-state index contributed by atoms with van der Waals surface area (Å²) in [7, 11) is 4.01. The summed E-state index contributed by atoms with van der Waals surface area (Å²) in [4.78, 5) is 0. The van der Waals surface area contributed by atoms with Crippen molar-refractivity contribution in [3.63, 3.8) is 0 Å². The van der Waals surface area contributed by atoms with Gasteiger partial charge in [-0.05, 0) is 43.5 Å². The van der Waals surface area contributed by atoms with Gasteiger partial charge in [0.05, 0.1) is 12.2 Å². The molecular weight excluding hydrogens is 224 g/mol. The topological polar surface area (TPSA) is 34.8 Å². The standard InChI is InChI=1S/C14H20N4/c1-15-14-5-3-4-11-8-18(10-13(11)14)9-12-6-7-17(2)16-12/h6-8,10,14-15H,3-5,9H2,1-2H3. The van der Waals surface area contributed by atoms with Crippen molar-refractivity contribution in [2.24, 2.45) is 7.05 Å². The summed E-state index contributed by atoms with van der Waals surface area (Å²) in [5, 5.41) is 7.84. The van der Waals surface area contributed by atoms with Crippen molar-refractivity contribution in [1.82, 2.24) is 19.7 Å². The lowest BCUT2D eigenvalue weighted by Crippen LogP contribution is -2.20. The number of rotatable bonds is 3. The molecule has 2 aromatic rings. The molecule has 0 radical (unpaired) electrons. The minimum absolute atomic E-state index is 0.527. The fourth-order valence-electron chi connectivity index (χ4n) is 2.87. The average molecular weight is 244 g/mol. The molecule has 1 N–H and O–H groups in total. The maximum Gasteiger partial charge on any atom is 0.0821 e. The molecular formula is C14H20N4. The number of nitrogens with one attached hydrogen (secondary N) is 1. The number of aryl methyl sites for hydroxylation is 2. The monoisotopic (exact) mass is 244 g/mol. The van der Waals surface area contributed by atoms with Crippen LogP contribution in [0.1, 0.15) is 35.7 Å². The van der Waals surface area contributed by atoms with Crippen LogP contribution in [0.2, 0.25) is 0 Å². The zero-order valence-corrected chi connectivity index (χ0v) is 11.1. The molecule has 1 aliphatic rings. The van der Waals surface area contributed by atoms with Crippen LogP contribution in [0, 0.1) is 0 Å². The molecule has 1 atom stereocenters. The molecule has 2 aromatic heterocycles. The molecule has 0 saturated carbocycles. The second kappa shape index (κ2) is 4.61. The molecule has 1 unspecified atom stereocenters. The lowest BCUT2D eigenvalue weighted by Gasteiger charge is -2.21. The summed E-state index contributed by atoms with van der Waals surface area (Å²) in [5.74, 6) is 0. The van der Waals surface area contributed by atoms with Gasteiger partial charge in [0, 0.05) is 31.7 Å². The Balaban J connectivity index is 1.84. The van der Waals surface area contributed by atoms with Gasteiger partial charge in [0.15, 0.2) is 0 Å². The molecule has 18 heavy (non-hydrogen) atoms. The molecule has 0 fully saturated rings. The Morgan fingerprint density at radius 3 is 3.06 bits per heavy atom. The molecule has 96 valence electrons. The van der Waals surface area contributed by atoms with Gasteiger partial charge in [-0.3, -0.25) is 4.68 Å². The van der Waals surface area contributed by atoms with E-state index in [-0.39, 0.29) is 0 Å². The highest BCUT2D eigenvalue weighted by molar-refractivity contribution is 5.30. The van der Waals surface area contributed by atoms with Gasteiger partial charge in [-0.1, -0.05) is 0 Å². The quantitative estimate of drug-likeness (QED) is 0.894. The highest BCUT2D eigenvalue weighted by Crippen LogP contribution is 2.30. The minimum atomic E-state index is 0.527. The molecule has 0 bridgehead atoms. The molecule has 0 amide bonds. The van der Waals surface area contributed by atoms with E-state index in [1.165, 1.54) is 30.4 Å². The van der Waals surface area contributed by atoms with Gasteiger partial charge < -0.3 is 9.88 Å². The molecule has 0 spiro atoms. The molecule has 4 nitrogen and oxygen atoms in total. The Labute approximate surface area is 108 Å². The van der Waals surface area contributed by atoms with Crippen LogP contribution in [0.3, 0.4) is 0 Å². The largest absolute Gasteiger partial charge is 0.348 e. The van der Waals surface area contributed by atoms with Gasteiger partial charge in [-0.25, -0.2) is 0 Å². The normalized spacial score (nSPS) is 18.9. The lowest BCUT2D eigenvalue weighted by molar-refractivity contribution is 0.498. The Morgan fingerprint density at radius 1 is 1.44 bits per heavy atom. The van der Waals surface area contributed by atoms with E-state index in [4.69, 9.17) is 0 Å². The highest BCUT2D eigenvalue weighted by Gasteiger charge is 2.20. The fraction of sp³-hybridized carbons (Fsp3) is 0.500. The molecule has 3 rings (SSSR count). The van der Waals surface area contributed by atoms with Gasteiger partial charge in [-0.15, -0.1) is 0 Å². The van der Waals surface area contributed by atoms with Crippen molar-refractivity contribution in [2.75, 3.05) is 7.05 Å². The lowest BCUT2D eigenvalue weighted by atomic mass is 9.91. The van der Waals surface area contributed by atoms with E-state index in [1.807, 2.05) is 17.9 Å². The maximum absolute atomic E-state index is 4.43. The Morgan fingerprint density at radius 2 is 2.33 bits per heavy atom. The third-order valence-corrected chi connectivity index (χ3v) is 3.77. The van der Waals surface area contributed by atoms with Gasteiger partial charge in [0.25, 0.3) is 0 Å². The molecule has 4 heteroatoms. The predicted molar refractivity (Wildman–Crippen MR) is 71.5 cm³/mol. The summed E-state index contributed by atoms with van der Waals surface area (Å²) < 4.78 is 4.12. The van der Waals surface area contributed by atoms with Crippen LogP contribution in [0.5, 0.6) is 0 Å². The SMILES string of the molecule is CNC1CCCc2cn(Cc3ccn(C)n3)cc21. The minimum Gasteiger partial charge on any atom is -0.348 e. The van der Waals surface area contributed by atoms with E-state index in [1.54, 1.807) is 0 Å². The van der Waals surface area contributed by atoms with Crippen LogP contribution in [-0.2, 0) is 20.0 Å². The van der Waals surface area contributed by atoms with Crippen LogP contribution < -0.4 is 5.32 Å². The Bertz CT molecular complexity index is 538. The van der Waals surface area contributed by atoms with Crippen molar-refractivity contribution < 1.29 is 0 Å². The first-order chi connectivity index (χ1) is 8.76. The van der Waals surface area contributed by atoms with E-state index in [2.05, 4.69) is 40.5 Å². The van der Waals surface area contributed by atoms with E-state index in [9.17, 15) is 0 Å².